The molecule has 4 aromatic rings. The van der Waals surface area contributed by atoms with Crippen molar-refractivity contribution < 1.29 is 0 Å². The van der Waals surface area contributed by atoms with E-state index in [4.69, 9.17) is 10.7 Å². The maximum absolute atomic E-state index is 6.13. The number of aromatic amines is 1. The predicted octanol–water partition coefficient (Wildman–Crippen LogP) is 4.21. The highest BCUT2D eigenvalue weighted by Gasteiger charge is 2.15. The molecule has 31 heavy (non-hydrogen) atoms. The number of nitrogens with one attached hydrogen (secondary N) is 2. The lowest BCUT2D eigenvalue weighted by Gasteiger charge is -2.28. The lowest BCUT2D eigenvalue weighted by Crippen LogP contribution is -2.43. The lowest BCUT2D eigenvalue weighted by molar-refractivity contribution is 0.585. The van der Waals surface area contributed by atoms with Crippen molar-refractivity contribution in [1.29, 1.82) is 0 Å². The molecular weight excluding hydrogens is 384 g/mol. The third-order valence-electron chi connectivity index (χ3n) is 6.29. The first-order valence-electron chi connectivity index (χ1n) is 10.8. The van der Waals surface area contributed by atoms with Crippen molar-refractivity contribution in [1.82, 2.24) is 20.3 Å². The van der Waals surface area contributed by atoms with E-state index < -0.39 is 0 Å². The molecule has 0 saturated carbocycles. The molecule has 1 saturated heterocycles. The number of nitrogens with two attached hydrogens (primary N) is 1. The van der Waals surface area contributed by atoms with E-state index in [1.165, 1.54) is 10.9 Å². The van der Waals surface area contributed by atoms with E-state index in [1.807, 2.05) is 20.0 Å². The number of piperazine rings is 1. The zero-order valence-corrected chi connectivity index (χ0v) is 18.3. The van der Waals surface area contributed by atoms with Crippen LogP contribution < -0.4 is 16.0 Å². The highest BCUT2D eigenvalue weighted by molar-refractivity contribution is 5.94. The molecule has 0 bridgehead atoms. The summed E-state index contributed by atoms with van der Waals surface area (Å²) >= 11 is 0. The van der Waals surface area contributed by atoms with Gasteiger partial charge in [-0.1, -0.05) is 12.1 Å². The standard InChI is InChI=1S/C25H28N6/c1-15-12-21(17(3)25(26)29-15)24-16(2)20-6-4-18(13-22(20)30-24)19-5-7-23(28-14-19)31-10-8-27-9-11-31/h4-7,12-14,27,30H,8-11H2,1-3H3,(H2,26,29). The third-order valence-corrected chi connectivity index (χ3v) is 6.29. The zero-order chi connectivity index (χ0) is 21.5. The van der Waals surface area contributed by atoms with Gasteiger partial charge in [-0.15, -0.1) is 0 Å². The Bertz CT molecular complexity index is 1250. The van der Waals surface area contributed by atoms with Crippen LogP contribution in [0.2, 0.25) is 0 Å². The fourth-order valence-electron chi connectivity index (χ4n) is 4.45. The molecule has 0 spiro atoms. The second-order valence-corrected chi connectivity index (χ2v) is 8.35. The maximum atomic E-state index is 6.13. The second kappa shape index (κ2) is 7.71. The molecule has 0 unspecified atom stereocenters. The molecule has 1 aliphatic rings. The summed E-state index contributed by atoms with van der Waals surface area (Å²) in [7, 11) is 0. The first-order valence-corrected chi connectivity index (χ1v) is 10.8. The molecule has 0 aliphatic carbocycles. The van der Waals surface area contributed by atoms with Crippen molar-refractivity contribution in [3.8, 4) is 22.4 Å². The van der Waals surface area contributed by atoms with Crippen LogP contribution in [0.15, 0.2) is 42.6 Å². The molecule has 158 valence electrons. The van der Waals surface area contributed by atoms with Crippen LogP contribution in [-0.2, 0) is 0 Å². The normalized spacial score (nSPS) is 14.4. The quantitative estimate of drug-likeness (QED) is 0.470. The van der Waals surface area contributed by atoms with Gasteiger partial charge < -0.3 is 20.9 Å². The molecule has 0 amide bonds. The highest BCUT2D eigenvalue weighted by Crippen LogP contribution is 2.35. The van der Waals surface area contributed by atoms with E-state index in [-0.39, 0.29) is 0 Å². The van der Waals surface area contributed by atoms with Gasteiger partial charge in [0.1, 0.15) is 11.6 Å². The van der Waals surface area contributed by atoms with E-state index >= 15 is 0 Å². The molecule has 1 aromatic carbocycles. The Morgan fingerprint density at radius 3 is 2.45 bits per heavy atom. The van der Waals surface area contributed by atoms with Crippen LogP contribution in [0.4, 0.5) is 11.6 Å². The second-order valence-electron chi connectivity index (χ2n) is 8.35. The molecule has 3 aromatic heterocycles. The number of pyridine rings is 2. The topological polar surface area (TPSA) is 82.9 Å². The Hall–Kier alpha value is -3.38. The molecule has 6 nitrogen and oxygen atoms in total. The van der Waals surface area contributed by atoms with Crippen molar-refractivity contribution in [3.05, 3.63) is 59.4 Å². The molecular formula is C25H28N6. The Kier molecular flexibility index (Phi) is 4.87. The Balaban J connectivity index is 1.51. The summed E-state index contributed by atoms with van der Waals surface area (Å²) < 4.78 is 0. The molecule has 4 heterocycles. The van der Waals surface area contributed by atoms with Crippen LogP contribution in [0.1, 0.15) is 16.8 Å². The van der Waals surface area contributed by atoms with E-state index in [0.717, 1.165) is 71.2 Å². The average molecular weight is 413 g/mol. The van der Waals surface area contributed by atoms with E-state index in [0.29, 0.717) is 5.82 Å². The number of aryl methyl sites for hydroxylation is 2. The van der Waals surface area contributed by atoms with Crippen molar-refractivity contribution >= 4 is 22.5 Å². The maximum Gasteiger partial charge on any atom is 0.128 e. The van der Waals surface area contributed by atoms with Gasteiger partial charge >= 0.3 is 0 Å². The van der Waals surface area contributed by atoms with Gasteiger partial charge in [-0.25, -0.2) is 9.97 Å². The van der Waals surface area contributed by atoms with Gasteiger partial charge in [-0.2, -0.15) is 0 Å². The molecule has 5 rings (SSSR count). The van der Waals surface area contributed by atoms with E-state index in [9.17, 15) is 0 Å². The number of fused-ring (bicyclic) bond motifs is 1. The van der Waals surface area contributed by atoms with E-state index in [2.05, 4.69) is 63.5 Å². The van der Waals surface area contributed by atoms with Gasteiger partial charge in [0.15, 0.2) is 0 Å². The highest BCUT2D eigenvalue weighted by atomic mass is 15.2. The van der Waals surface area contributed by atoms with Crippen LogP contribution in [0, 0.1) is 20.8 Å². The summed E-state index contributed by atoms with van der Waals surface area (Å²) in [5.74, 6) is 1.63. The van der Waals surface area contributed by atoms with Crippen LogP contribution in [-0.4, -0.2) is 41.1 Å². The minimum absolute atomic E-state index is 0.587. The lowest BCUT2D eigenvalue weighted by atomic mass is 10.0. The summed E-state index contributed by atoms with van der Waals surface area (Å²) in [6, 6.07) is 13.0. The fourth-order valence-corrected chi connectivity index (χ4v) is 4.45. The first-order chi connectivity index (χ1) is 15.0. The minimum Gasteiger partial charge on any atom is -0.383 e. The van der Waals surface area contributed by atoms with Gasteiger partial charge in [0, 0.05) is 71.4 Å². The van der Waals surface area contributed by atoms with Gasteiger partial charge in [-0.3, -0.25) is 0 Å². The summed E-state index contributed by atoms with van der Waals surface area (Å²) in [5.41, 5.74) is 14.9. The van der Waals surface area contributed by atoms with Crippen molar-refractivity contribution in [2.45, 2.75) is 20.8 Å². The number of nitrogen functional groups attached to an aromatic ring is 1. The number of aromatic nitrogens is 3. The number of hydrogen-bond acceptors (Lipinski definition) is 5. The van der Waals surface area contributed by atoms with Gasteiger partial charge in [-0.05, 0) is 56.2 Å². The van der Waals surface area contributed by atoms with Crippen molar-refractivity contribution in [2.24, 2.45) is 0 Å². The number of H-pyrrole nitrogens is 1. The van der Waals surface area contributed by atoms with Gasteiger partial charge in [0.05, 0.1) is 0 Å². The summed E-state index contributed by atoms with van der Waals surface area (Å²) in [4.78, 5) is 15.1. The minimum atomic E-state index is 0.587. The molecule has 6 heteroatoms. The number of anilines is 2. The molecule has 1 fully saturated rings. The van der Waals surface area contributed by atoms with Crippen LogP contribution in [0.5, 0.6) is 0 Å². The molecule has 4 N–H and O–H groups in total. The zero-order valence-electron chi connectivity index (χ0n) is 18.3. The van der Waals surface area contributed by atoms with Gasteiger partial charge in [0.2, 0.25) is 0 Å². The van der Waals surface area contributed by atoms with Gasteiger partial charge in [0.25, 0.3) is 0 Å². The summed E-state index contributed by atoms with van der Waals surface area (Å²) in [5, 5.41) is 4.60. The van der Waals surface area contributed by atoms with Crippen LogP contribution in [0.25, 0.3) is 33.3 Å². The first kappa shape index (κ1) is 19.6. The Morgan fingerprint density at radius 1 is 0.935 bits per heavy atom. The number of hydrogen-bond donors (Lipinski definition) is 3. The predicted molar refractivity (Wildman–Crippen MR) is 128 cm³/mol. The summed E-state index contributed by atoms with van der Waals surface area (Å²) in [6.45, 7) is 10.2. The van der Waals surface area contributed by atoms with Crippen LogP contribution >= 0.6 is 0 Å². The number of benzene rings is 1. The number of nitrogens with zero attached hydrogens (tertiary/aromatic N) is 3. The largest absolute Gasteiger partial charge is 0.383 e. The van der Waals surface area contributed by atoms with Crippen molar-refractivity contribution in [2.75, 3.05) is 36.8 Å². The molecule has 1 aliphatic heterocycles. The summed E-state index contributed by atoms with van der Waals surface area (Å²) in [6.07, 6.45) is 1.98. The van der Waals surface area contributed by atoms with Crippen LogP contribution in [0.3, 0.4) is 0 Å². The Morgan fingerprint density at radius 2 is 1.71 bits per heavy atom. The van der Waals surface area contributed by atoms with Crippen molar-refractivity contribution in [3.63, 3.8) is 0 Å². The monoisotopic (exact) mass is 412 g/mol. The smallest absolute Gasteiger partial charge is 0.128 e. The third kappa shape index (κ3) is 3.53. The van der Waals surface area contributed by atoms with E-state index in [1.54, 1.807) is 0 Å². The number of rotatable bonds is 3. The molecule has 0 radical (unpaired) electrons. The fraction of sp³-hybridized carbons (Fsp3) is 0.280. The Labute approximate surface area is 182 Å². The average Bonchev–Trinajstić information content (AvgIpc) is 3.12. The molecule has 0 atom stereocenters. The SMILES string of the molecule is Cc1cc(-c2[nH]c3cc(-c4ccc(N5CCNCC5)nc4)ccc3c2C)c(C)c(N)n1.